The Morgan fingerprint density at radius 3 is 2.18 bits per heavy atom. The zero-order valence-corrected chi connectivity index (χ0v) is 19.2. The first-order chi connectivity index (χ1) is 15.9. The zero-order chi connectivity index (χ0) is 23.8. The minimum absolute atomic E-state index is 0.0210. The maximum absolute atomic E-state index is 12.5. The van der Waals surface area contributed by atoms with E-state index in [1.165, 1.54) is 11.1 Å². The van der Waals surface area contributed by atoms with Crippen molar-refractivity contribution in [2.75, 3.05) is 13.2 Å². The molecule has 0 aromatic heterocycles. The van der Waals surface area contributed by atoms with E-state index in [9.17, 15) is 14.4 Å². The highest BCUT2D eigenvalue weighted by Gasteiger charge is 2.29. The van der Waals surface area contributed by atoms with Gasteiger partial charge in [-0.25, -0.2) is 4.79 Å². The lowest BCUT2D eigenvalue weighted by Crippen LogP contribution is -2.40. The normalized spacial score (nSPS) is 14.0. The number of benzene rings is 2. The van der Waals surface area contributed by atoms with Gasteiger partial charge in [0.05, 0.1) is 5.92 Å². The van der Waals surface area contributed by atoms with Crippen LogP contribution < -0.4 is 10.6 Å². The van der Waals surface area contributed by atoms with Crippen molar-refractivity contribution in [1.29, 1.82) is 0 Å². The van der Waals surface area contributed by atoms with Gasteiger partial charge in [0.15, 0.2) is 0 Å². The summed E-state index contributed by atoms with van der Waals surface area (Å²) in [6, 6.07) is 16.0. The molecule has 0 fully saturated rings. The highest BCUT2D eigenvalue weighted by Crippen LogP contribution is 2.44. The molecule has 2 atom stereocenters. The van der Waals surface area contributed by atoms with Gasteiger partial charge in [0.1, 0.15) is 6.61 Å². The molecule has 0 radical (unpaired) electrons. The Hall–Kier alpha value is -3.35. The van der Waals surface area contributed by atoms with E-state index in [0.29, 0.717) is 12.8 Å². The molecule has 176 valence electrons. The first-order valence-electron chi connectivity index (χ1n) is 11.5. The highest BCUT2D eigenvalue weighted by molar-refractivity contribution is 5.79. The Bertz CT molecular complexity index is 945. The molecule has 3 N–H and O–H groups in total. The Kier molecular flexibility index (Phi) is 8.46. The number of nitrogens with one attached hydrogen (secondary N) is 2. The third-order valence-electron chi connectivity index (χ3n) is 6.06. The van der Waals surface area contributed by atoms with Gasteiger partial charge in [0, 0.05) is 24.9 Å². The van der Waals surface area contributed by atoms with E-state index in [1.54, 1.807) is 6.92 Å². The average molecular weight is 453 g/mol. The van der Waals surface area contributed by atoms with Gasteiger partial charge >= 0.3 is 12.1 Å². The van der Waals surface area contributed by atoms with E-state index in [4.69, 9.17) is 9.84 Å². The summed E-state index contributed by atoms with van der Waals surface area (Å²) in [4.78, 5) is 35.7. The van der Waals surface area contributed by atoms with Crippen molar-refractivity contribution in [3.05, 3.63) is 59.7 Å². The second-order valence-electron chi connectivity index (χ2n) is 8.54. The third-order valence-corrected chi connectivity index (χ3v) is 6.06. The SMILES string of the molecule is CCC[C@H](CC(=O)NCCC(C)C(=O)O)NC(=O)OCC1c2ccccc2-c2ccccc21. The Balaban J connectivity index is 1.52. The molecular weight excluding hydrogens is 420 g/mol. The summed E-state index contributed by atoms with van der Waals surface area (Å²) in [7, 11) is 0. The molecule has 1 unspecified atom stereocenters. The zero-order valence-electron chi connectivity index (χ0n) is 19.2. The first kappa shape index (κ1) is 24.3. The summed E-state index contributed by atoms with van der Waals surface area (Å²) < 4.78 is 5.59. The maximum atomic E-state index is 12.5. The van der Waals surface area contributed by atoms with Gasteiger partial charge < -0.3 is 20.5 Å². The second-order valence-corrected chi connectivity index (χ2v) is 8.54. The topological polar surface area (TPSA) is 105 Å². The van der Waals surface area contributed by atoms with Crippen LogP contribution in [0.4, 0.5) is 4.79 Å². The monoisotopic (exact) mass is 452 g/mol. The van der Waals surface area contributed by atoms with Gasteiger partial charge in [0.2, 0.25) is 5.91 Å². The van der Waals surface area contributed by atoms with Crippen molar-refractivity contribution in [2.24, 2.45) is 5.92 Å². The molecule has 1 aliphatic rings. The number of fused-ring (bicyclic) bond motifs is 3. The van der Waals surface area contributed by atoms with Gasteiger partial charge in [0.25, 0.3) is 0 Å². The number of hydrogen-bond acceptors (Lipinski definition) is 4. The number of ether oxygens (including phenoxy) is 1. The van der Waals surface area contributed by atoms with Crippen LogP contribution >= 0.6 is 0 Å². The fourth-order valence-electron chi connectivity index (χ4n) is 4.23. The Labute approximate surface area is 194 Å². The molecule has 0 saturated carbocycles. The summed E-state index contributed by atoms with van der Waals surface area (Å²) >= 11 is 0. The summed E-state index contributed by atoms with van der Waals surface area (Å²) in [6.45, 7) is 4.10. The lowest BCUT2D eigenvalue weighted by molar-refractivity contribution is -0.141. The van der Waals surface area contributed by atoms with E-state index in [2.05, 4.69) is 34.9 Å². The number of carboxylic acid groups (broad SMARTS) is 1. The molecule has 0 aliphatic heterocycles. The fourth-order valence-corrected chi connectivity index (χ4v) is 4.23. The van der Waals surface area contributed by atoms with E-state index in [1.807, 2.05) is 31.2 Å². The van der Waals surface area contributed by atoms with Crippen LogP contribution in [0.3, 0.4) is 0 Å². The lowest BCUT2D eigenvalue weighted by atomic mass is 9.98. The first-order valence-corrected chi connectivity index (χ1v) is 11.5. The molecule has 1 aliphatic carbocycles. The summed E-state index contributed by atoms with van der Waals surface area (Å²) in [6.07, 6.45) is 1.39. The van der Waals surface area contributed by atoms with Crippen molar-refractivity contribution in [3.8, 4) is 11.1 Å². The number of alkyl carbamates (subject to hydrolysis) is 1. The number of carbonyl (C=O) groups is 3. The van der Waals surface area contributed by atoms with Crippen molar-refractivity contribution >= 4 is 18.0 Å². The molecule has 7 heteroatoms. The van der Waals surface area contributed by atoms with Gasteiger partial charge in [-0.3, -0.25) is 9.59 Å². The van der Waals surface area contributed by atoms with E-state index in [-0.39, 0.29) is 37.4 Å². The quantitative estimate of drug-likeness (QED) is 0.471. The molecule has 0 bridgehead atoms. The number of carbonyl (C=O) groups excluding carboxylic acids is 2. The largest absolute Gasteiger partial charge is 0.481 e. The molecule has 0 heterocycles. The molecular formula is C26H32N2O5. The number of amides is 2. The minimum Gasteiger partial charge on any atom is -0.481 e. The average Bonchev–Trinajstić information content (AvgIpc) is 3.11. The van der Waals surface area contributed by atoms with Crippen molar-refractivity contribution in [3.63, 3.8) is 0 Å². The van der Waals surface area contributed by atoms with Crippen LogP contribution in [0.25, 0.3) is 11.1 Å². The van der Waals surface area contributed by atoms with Crippen LogP contribution in [0.15, 0.2) is 48.5 Å². The number of rotatable bonds is 11. The van der Waals surface area contributed by atoms with Crippen molar-refractivity contribution in [1.82, 2.24) is 10.6 Å². The van der Waals surface area contributed by atoms with Crippen LogP contribution in [0.5, 0.6) is 0 Å². The number of carboxylic acids is 1. The molecule has 3 rings (SSSR count). The van der Waals surface area contributed by atoms with Gasteiger partial charge in [-0.05, 0) is 35.1 Å². The Morgan fingerprint density at radius 1 is 1.00 bits per heavy atom. The molecule has 0 spiro atoms. The van der Waals surface area contributed by atoms with Crippen LogP contribution in [0.1, 0.15) is 56.6 Å². The van der Waals surface area contributed by atoms with Gasteiger partial charge in [-0.2, -0.15) is 0 Å². The van der Waals surface area contributed by atoms with Crippen LogP contribution in [-0.2, 0) is 14.3 Å². The van der Waals surface area contributed by atoms with Crippen LogP contribution in [0.2, 0.25) is 0 Å². The number of aliphatic carboxylic acids is 1. The predicted molar refractivity (Wildman–Crippen MR) is 126 cm³/mol. The van der Waals surface area contributed by atoms with Crippen molar-refractivity contribution < 1.29 is 24.2 Å². The molecule has 2 aromatic carbocycles. The van der Waals surface area contributed by atoms with E-state index >= 15 is 0 Å². The summed E-state index contributed by atoms with van der Waals surface area (Å²) in [5.41, 5.74) is 4.62. The highest BCUT2D eigenvalue weighted by atomic mass is 16.5. The van der Waals surface area contributed by atoms with Crippen LogP contribution in [-0.4, -0.2) is 42.3 Å². The maximum Gasteiger partial charge on any atom is 0.407 e. The third kappa shape index (κ3) is 6.34. The smallest absolute Gasteiger partial charge is 0.407 e. The molecule has 2 aromatic rings. The molecule has 33 heavy (non-hydrogen) atoms. The second kappa shape index (κ2) is 11.5. The van der Waals surface area contributed by atoms with Crippen LogP contribution in [0, 0.1) is 5.92 Å². The van der Waals surface area contributed by atoms with Gasteiger partial charge in [-0.1, -0.05) is 68.8 Å². The van der Waals surface area contributed by atoms with E-state index < -0.39 is 18.0 Å². The molecule has 7 nitrogen and oxygen atoms in total. The van der Waals surface area contributed by atoms with Crippen molar-refractivity contribution in [2.45, 2.75) is 51.5 Å². The van der Waals surface area contributed by atoms with E-state index in [0.717, 1.165) is 17.5 Å². The van der Waals surface area contributed by atoms with Gasteiger partial charge in [-0.15, -0.1) is 0 Å². The summed E-state index contributed by atoms with van der Waals surface area (Å²) in [5.74, 6) is -1.64. The number of hydrogen-bond donors (Lipinski definition) is 3. The molecule has 0 saturated heterocycles. The predicted octanol–water partition coefficient (Wildman–Crippen LogP) is 4.31. The summed E-state index contributed by atoms with van der Waals surface area (Å²) in [5, 5.41) is 14.5. The molecule has 2 amide bonds. The standard InChI is InChI=1S/C26H32N2O5/c1-3-8-18(15-24(29)27-14-13-17(2)25(30)31)28-26(32)33-16-23-21-11-6-4-9-19(21)20-10-5-7-12-22(20)23/h4-7,9-12,17-18,23H,3,8,13-16H2,1-2H3,(H,27,29)(H,28,32)(H,30,31)/t17?,18-/m1/s1. The Morgan fingerprint density at radius 2 is 1.61 bits per heavy atom. The fraction of sp³-hybridized carbons (Fsp3) is 0.423. The minimum atomic E-state index is -0.884. The lowest BCUT2D eigenvalue weighted by Gasteiger charge is -2.19.